The first-order valence-electron chi connectivity index (χ1n) is 7.69. The van der Waals surface area contributed by atoms with Gasteiger partial charge in [-0.15, -0.1) is 0 Å². The second-order valence-electron chi connectivity index (χ2n) is 5.77. The van der Waals surface area contributed by atoms with Gasteiger partial charge in [0.1, 0.15) is 0 Å². The summed E-state index contributed by atoms with van der Waals surface area (Å²) in [5, 5.41) is 10.7. The minimum atomic E-state index is -3.71. The van der Waals surface area contributed by atoms with Crippen LogP contribution < -0.4 is 0 Å². The molecule has 1 atom stereocenters. The van der Waals surface area contributed by atoms with Gasteiger partial charge in [0.15, 0.2) is 6.04 Å². The van der Waals surface area contributed by atoms with Crippen molar-refractivity contribution < 1.29 is 8.42 Å². The van der Waals surface area contributed by atoms with E-state index in [2.05, 4.69) is 11.1 Å². The highest BCUT2D eigenvalue weighted by Gasteiger charge is 2.38. The van der Waals surface area contributed by atoms with Gasteiger partial charge in [-0.3, -0.25) is 0 Å². The van der Waals surface area contributed by atoms with Gasteiger partial charge in [-0.2, -0.15) is 9.57 Å². The van der Waals surface area contributed by atoms with Crippen LogP contribution in [-0.2, 0) is 16.4 Å². The van der Waals surface area contributed by atoms with E-state index >= 15 is 0 Å². The quantitative estimate of drug-likeness (QED) is 0.781. The summed E-state index contributed by atoms with van der Waals surface area (Å²) in [5.74, 6) is 0. The van der Waals surface area contributed by atoms with Crippen LogP contribution in [0.1, 0.15) is 17.3 Å². The van der Waals surface area contributed by atoms with Crippen LogP contribution in [0.5, 0.6) is 0 Å². The van der Waals surface area contributed by atoms with Gasteiger partial charge in [-0.1, -0.05) is 36.4 Å². The van der Waals surface area contributed by atoms with Gasteiger partial charge in [0.05, 0.1) is 16.7 Å². The summed E-state index contributed by atoms with van der Waals surface area (Å²) in [6.07, 6.45) is 0.587. The van der Waals surface area contributed by atoms with Crippen molar-refractivity contribution in [3.05, 3.63) is 65.9 Å². The Bertz CT molecular complexity index is 1050. The van der Waals surface area contributed by atoms with Crippen LogP contribution >= 0.6 is 0 Å². The molecule has 0 bridgehead atoms. The van der Waals surface area contributed by atoms with E-state index in [4.69, 9.17) is 0 Å². The Kier molecular flexibility index (Phi) is 3.41. The molecule has 0 spiro atoms. The summed E-state index contributed by atoms with van der Waals surface area (Å²) in [5.41, 5.74) is 2.66. The molecule has 120 valence electrons. The number of nitrogens with one attached hydrogen (secondary N) is 1. The Morgan fingerprint density at radius 2 is 1.79 bits per heavy atom. The third-order valence-corrected chi connectivity index (χ3v) is 6.34. The summed E-state index contributed by atoms with van der Waals surface area (Å²) >= 11 is 0. The number of nitriles is 1. The van der Waals surface area contributed by atoms with Crippen LogP contribution in [-0.4, -0.2) is 24.3 Å². The third-order valence-electron chi connectivity index (χ3n) is 4.46. The smallest absolute Gasteiger partial charge is 0.244 e. The number of aromatic nitrogens is 1. The van der Waals surface area contributed by atoms with Gasteiger partial charge in [0.25, 0.3) is 0 Å². The highest BCUT2D eigenvalue weighted by Crippen LogP contribution is 2.36. The second-order valence-corrected chi connectivity index (χ2v) is 7.66. The van der Waals surface area contributed by atoms with Crippen LogP contribution in [0, 0.1) is 11.3 Å². The number of sulfonamides is 1. The number of hydrogen-bond donors (Lipinski definition) is 1. The SMILES string of the molecule is N#CC1c2[nH]c3ccccc3c2CCN1S(=O)(=O)c1ccccc1. The van der Waals surface area contributed by atoms with Crippen molar-refractivity contribution >= 4 is 20.9 Å². The first-order chi connectivity index (χ1) is 11.6. The largest absolute Gasteiger partial charge is 0.356 e. The van der Waals surface area contributed by atoms with E-state index in [1.165, 1.54) is 4.31 Å². The first-order valence-corrected chi connectivity index (χ1v) is 9.13. The van der Waals surface area contributed by atoms with Gasteiger partial charge in [-0.25, -0.2) is 8.42 Å². The molecular weight excluding hydrogens is 322 g/mol. The maximum Gasteiger partial charge on any atom is 0.244 e. The van der Waals surface area contributed by atoms with E-state index in [-0.39, 0.29) is 4.90 Å². The minimum Gasteiger partial charge on any atom is -0.356 e. The lowest BCUT2D eigenvalue weighted by Gasteiger charge is -2.30. The molecule has 0 aliphatic carbocycles. The summed E-state index contributed by atoms with van der Waals surface area (Å²) < 4.78 is 27.2. The molecule has 0 saturated heterocycles. The molecule has 24 heavy (non-hydrogen) atoms. The number of H-pyrrole nitrogens is 1. The van der Waals surface area contributed by atoms with E-state index in [0.29, 0.717) is 18.7 Å². The average molecular weight is 337 g/mol. The van der Waals surface area contributed by atoms with E-state index < -0.39 is 16.1 Å². The molecule has 6 heteroatoms. The van der Waals surface area contributed by atoms with Crippen LogP contribution in [0.2, 0.25) is 0 Å². The number of fused-ring (bicyclic) bond motifs is 3. The predicted octanol–water partition coefficient (Wildman–Crippen LogP) is 2.98. The Balaban J connectivity index is 1.84. The number of para-hydroxylation sites is 1. The molecule has 1 N–H and O–H groups in total. The molecule has 1 aromatic heterocycles. The third kappa shape index (κ3) is 2.13. The van der Waals surface area contributed by atoms with Crippen molar-refractivity contribution in [2.75, 3.05) is 6.54 Å². The predicted molar refractivity (Wildman–Crippen MR) is 90.7 cm³/mol. The van der Waals surface area contributed by atoms with E-state index in [9.17, 15) is 13.7 Å². The zero-order valence-electron chi connectivity index (χ0n) is 12.8. The number of nitrogens with zero attached hydrogens (tertiary/aromatic N) is 2. The van der Waals surface area contributed by atoms with Gasteiger partial charge >= 0.3 is 0 Å². The van der Waals surface area contributed by atoms with E-state index in [0.717, 1.165) is 16.5 Å². The van der Waals surface area contributed by atoms with Crippen molar-refractivity contribution in [2.45, 2.75) is 17.4 Å². The molecule has 3 aromatic rings. The molecular formula is C18H15N3O2S. The maximum absolute atomic E-state index is 12.9. The molecule has 1 unspecified atom stereocenters. The van der Waals surface area contributed by atoms with Crippen LogP contribution in [0.15, 0.2) is 59.5 Å². The standard InChI is InChI=1S/C18H15N3O2S/c19-12-17-18-15(14-8-4-5-9-16(14)20-18)10-11-21(17)24(22,23)13-6-2-1-3-7-13/h1-9,17,20H,10-11H2. The lowest BCUT2D eigenvalue weighted by Crippen LogP contribution is -2.39. The molecule has 1 aliphatic heterocycles. The van der Waals surface area contributed by atoms with Crippen molar-refractivity contribution in [2.24, 2.45) is 0 Å². The Labute approximate surface area is 140 Å². The topological polar surface area (TPSA) is 77.0 Å². The summed E-state index contributed by atoms with van der Waals surface area (Å²) in [7, 11) is -3.71. The van der Waals surface area contributed by atoms with E-state index in [1.54, 1.807) is 30.3 Å². The van der Waals surface area contributed by atoms with Gasteiger partial charge < -0.3 is 4.98 Å². The second kappa shape index (κ2) is 5.48. The molecule has 0 radical (unpaired) electrons. The molecule has 5 nitrogen and oxygen atoms in total. The molecule has 0 fully saturated rings. The Hall–Kier alpha value is -2.62. The number of aromatic amines is 1. The van der Waals surface area contributed by atoms with Gasteiger partial charge in [0.2, 0.25) is 10.0 Å². The monoisotopic (exact) mass is 337 g/mol. The fraction of sp³-hybridized carbons (Fsp3) is 0.167. The average Bonchev–Trinajstić information content (AvgIpc) is 3.00. The molecule has 0 amide bonds. The maximum atomic E-state index is 12.9. The Morgan fingerprint density at radius 3 is 2.54 bits per heavy atom. The fourth-order valence-corrected chi connectivity index (χ4v) is 4.87. The number of hydrogen-bond acceptors (Lipinski definition) is 3. The minimum absolute atomic E-state index is 0.213. The summed E-state index contributed by atoms with van der Waals surface area (Å²) in [6.45, 7) is 0.296. The summed E-state index contributed by atoms with van der Waals surface area (Å²) in [4.78, 5) is 3.45. The highest BCUT2D eigenvalue weighted by atomic mass is 32.2. The van der Waals surface area contributed by atoms with Crippen molar-refractivity contribution in [3.8, 4) is 6.07 Å². The number of rotatable bonds is 2. The number of benzene rings is 2. The molecule has 0 saturated carbocycles. The molecule has 2 heterocycles. The van der Waals surface area contributed by atoms with Crippen LogP contribution in [0.4, 0.5) is 0 Å². The van der Waals surface area contributed by atoms with Crippen molar-refractivity contribution in [1.29, 1.82) is 5.26 Å². The zero-order valence-corrected chi connectivity index (χ0v) is 13.6. The lowest BCUT2D eigenvalue weighted by atomic mass is 10.00. The lowest BCUT2D eigenvalue weighted by molar-refractivity contribution is 0.353. The van der Waals surface area contributed by atoms with Gasteiger partial charge in [0, 0.05) is 17.4 Å². The van der Waals surface area contributed by atoms with Crippen LogP contribution in [0.25, 0.3) is 10.9 Å². The van der Waals surface area contributed by atoms with Crippen LogP contribution in [0.3, 0.4) is 0 Å². The molecule has 1 aliphatic rings. The highest BCUT2D eigenvalue weighted by molar-refractivity contribution is 7.89. The first kappa shape index (κ1) is 14.9. The fourth-order valence-electron chi connectivity index (χ4n) is 3.33. The van der Waals surface area contributed by atoms with Crippen molar-refractivity contribution in [3.63, 3.8) is 0 Å². The molecule has 4 rings (SSSR count). The summed E-state index contributed by atoms with van der Waals surface area (Å²) in [6, 6.07) is 17.4. The Morgan fingerprint density at radius 1 is 1.08 bits per heavy atom. The van der Waals surface area contributed by atoms with E-state index in [1.807, 2.05) is 24.3 Å². The zero-order chi connectivity index (χ0) is 16.7. The van der Waals surface area contributed by atoms with Crippen molar-refractivity contribution in [1.82, 2.24) is 9.29 Å². The van der Waals surface area contributed by atoms with Gasteiger partial charge in [-0.05, 0) is 30.2 Å². The molecule has 2 aromatic carbocycles. The normalized spacial score (nSPS) is 18.2.